The number of imidazole rings is 1. The van der Waals surface area contributed by atoms with Crippen molar-refractivity contribution in [3.05, 3.63) is 18.2 Å². The Balaban J connectivity index is 3.00. The van der Waals surface area contributed by atoms with E-state index in [1.807, 2.05) is 18.4 Å². The molecule has 0 spiro atoms. The normalized spacial score (nSPS) is 13.2. The third kappa shape index (κ3) is 1.88. The summed E-state index contributed by atoms with van der Waals surface area (Å²) >= 11 is 0. The maximum Gasteiger partial charge on any atom is 0.312 e. The predicted molar refractivity (Wildman–Crippen MR) is 48.7 cm³/mol. The number of hydrogen-bond acceptors (Lipinski definition) is 2. The van der Waals surface area contributed by atoms with Crippen LogP contribution in [0.15, 0.2) is 12.5 Å². The first-order valence-corrected chi connectivity index (χ1v) is 4.28. The van der Waals surface area contributed by atoms with Crippen LogP contribution in [0.5, 0.6) is 0 Å². The van der Waals surface area contributed by atoms with E-state index in [0.717, 1.165) is 5.69 Å². The third-order valence-corrected chi connectivity index (χ3v) is 2.07. The monoisotopic (exact) mass is 182 g/mol. The van der Waals surface area contributed by atoms with Crippen molar-refractivity contribution in [2.75, 3.05) is 0 Å². The summed E-state index contributed by atoms with van der Waals surface area (Å²) in [7, 11) is 0. The second-order valence-corrected chi connectivity index (χ2v) is 3.38. The molecule has 1 atom stereocenters. The third-order valence-electron chi connectivity index (χ3n) is 2.07. The summed E-state index contributed by atoms with van der Waals surface area (Å²) < 4.78 is 1.87. The van der Waals surface area contributed by atoms with E-state index in [-0.39, 0.29) is 6.04 Å². The molecule has 72 valence electrons. The number of nitrogens with zero attached hydrogens (tertiary/aromatic N) is 2. The fourth-order valence-electron chi connectivity index (χ4n) is 1.21. The zero-order valence-electron chi connectivity index (χ0n) is 8.06. The van der Waals surface area contributed by atoms with Crippen molar-refractivity contribution in [3.63, 3.8) is 0 Å². The van der Waals surface area contributed by atoms with E-state index in [0.29, 0.717) is 0 Å². The van der Waals surface area contributed by atoms with E-state index >= 15 is 0 Å². The molecule has 1 rings (SSSR count). The van der Waals surface area contributed by atoms with Gasteiger partial charge in [-0.1, -0.05) is 0 Å². The van der Waals surface area contributed by atoms with Gasteiger partial charge in [-0.3, -0.25) is 4.79 Å². The van der Waals surface area contributed by atoms with Gasteiger partial charge in [0.1, 0.15) is 0 Å². The van der Waals surface area contributed by atoms with Crippen molar-refractivity contribution < 1.29 is 9.90 Å². The lowest BCUT2D eigenvalue weighted by molar-refractivity contribution is -0.138. The first-order valence-electron chi connectivity index (χ1n) is 4.28. The average molecular weight is 182 g/mol. The molecule has 13 heavy (non-hydrogen) atoms. The van der Waals surface area contributed by atoms with Gasteiger partial charge in [0.05, 0.1) is 17.9 Å². The van der Waals surface area contributed by atoms with Crippen LogP contribution in [0.2, 0.25) is 0 Å². The fraction of sp³-hybridized carbons (Fsp3) is 0.556. The summed E-state index contributed by atoms with van der Waals surface area (Å²) in [6, 6.07) is 0.249. The van der Waals surface area contributed by atoms with Gasteiger partial charge >= 0.3 is 5.97 Å². The van der Waals surface area contributed by atoms with Crippen molar-refractivity contribution in [1.82, 2.24) is 9.55 Å². The van der Waals surface area contributed by atoms with Gasteiger partial charge in [-0.15, -0.1) is 0 Å². The topological polar surface area (TPSA) is 55.1 Å². The molecule has 4 heteroatoms. The molecule has 0 saturated heterocycles. The predicted octanol–water partition coefficient (Wildman–Crippen LogP) is 1.65. The summed E-state index contributed by atoms with van der Waals surface area (Å²) in [5, 5.41) is 8.82. The molecule has 0 fully saturated rings. The van der Waals surface area contributed by atoms with Crippen LogP contribution in [0.25, 0.3) is 0 Å². The van der Waals surface area contributed by atoms with E-state index < -0.39 is 11.9 Å². The summed E-state index contributed by atoms with van der Waals surface area (Å²) in [5.41, 5.74) is 0.752. The molecule has 1 N–H and O–H groups in total. The largest absolute Gasteiger partial charge is 0.481 e. The Morgan fingerprint density at radius 2 is 2.15 bits per heavy atom. The number of carbonyl (C=O) groups is 1. The molecule has 0 aliphatic heterocycles. The van der Waals surface area contributed by atoms with E-state index in [9.17, 15) is 4.79 Å². The van der Waals surface area contributed by atoms with Gasteiger partial charge in [0.15, 0.2) is 0 Å². The molecular weight excluding hydrogens is 168 g/mol. The van der Waals surface area contributed by atoms with Gasteiger partial charge in [-0.25, -0.2) is 4.98 Å². The molecule has 0 aromatic carbocycles. The Morgan fingerprint density at radius 1 is 1.54 bits per heavy atom. The molecule has 0 amide bonds. The van der Waals surface area contributed by atoms with Crippen molar-refractivity contribution in [3.8, 4) is 0 Å². The minimum absolute atomic E-state index is 0.249. The van der Waals surface area contributed by atoms with Crippen LogP contribution < -0.4 is 0 Å². The van der Waals surface area contributed by atoms with Crippen molar-refractivity contribution in [2.24, 2.45) is 0 Å². The molecule has 1 aromatic heterocycles. The number of hydrogen-bond donors (Lipinski definition) is 1. The molecular formula is C9H14N2O2. The molecule has 0 aliphatic carbocycles. The van der Waals surface area contributed by atoms with Crippen molar-refractivity contribution in [1.29, 1.82) is 0 Å². The summed E-state index contributed by atoms with van der Waals surface area (Å²) in [6.45, 7) is 5.66. The number of rotatable bonds is 3. The highest BCUT2D eigenvalue weighted by molar-refractivity contribution is 5.74. The maximum absolute atomic E-state index is 10.7. The summed E-state index contributed by atoms with van der Waals surface area (Å²) in [4.78, 5) is 14.7. The molecule has 1 unspecified atom stereocenters. The van der Waals surface area contributed by atoms with Crippen LogP contribution in [0.3, 0.4) is 0 Å². The van der Waals surface area contributed by atoms with Crippen LogP contribution in [0, 0.1) is 0 Å². The number of carboxylic acids is 1. The Hall–Kier alpha value is -1.32. The molecule has 0 aliphatic rings. The molecule has 0 saturated carbocycles. The van der Waals surface area contributed by atoms with Gasteiger partial charge in [0, 0.05) is 12.2 Å². The molecule has 0 bridgehead atoms. The lowest BCUT2D eigenvalue weighted by Gasteiger charge is -2.13. The van der Waals surface area contributed by atoms with Crippen LogP contribution in [0.1, 0.15) is 38.4 Å². The lowest BCUT2D eigenvalue weighted by atomic mass is 10.1. The maximum atomic E-state index is 10.7. The van der Waals surface area contributed by atoms with Crippen LogP contribution in [0.4, 0.5) is 0 Å². The van der Waals surface area contributed by atoms with Gasteiger partial charge in [-0.05, 0) is 20.8 Å². The Bertz CT molecular complexity index is 304. The first kappa shape index (κ1) is 9.77. The number of aliphatic carboxylic acids is 1. The van der Waals surface area contributed by atoms with Gasteiger partial charge < -0.3 is 9.67 Å². The van der Waals surface area contributed by atoms with E-state index in [1.165, 1.54) is 0 Å². The molecule has 1 heterocycles. The van der Waals surface area contributed by atoms with Gasteiger partial charge in [-0.2, -0.15) is 0 Å². The lowest BCUT2D eigenvalue weighted by Crippen LogP contribution is -2.13. The standard InChI is InChI=1S/C9H14N2O2/c1-6(2)11-5-10-4-8(11)7(3)9(12)13/h4-7H,1-3H3,(H,12,13). The van der Waals surface area contributed by atoms with Crippen molar-refractivity contribution >= 4 is 5.97 Å². The average Bonchev–Trinajstić information content (AvgIpc) is 2.50. The SMILES string of the molecule is CC(C(=O)O)c1cncn1C(C)C. The minimum atomic E-state index is -0.817. The highest BCUT2D eigenvalue weighted by Crippen LogP contribution is 2.18. The Morgan fingerprint density at radius 3 is 2.62 bits per heavy atom. The molecule has 1 aromatic rings. The second-order valence-electron chi connectivity index (χ2n) is 3.38. The van der Waals surface area contributed by atoms with Gasteiger partial charge in [0.25, 0.3) is 0 Å². The van der Waals surface area contributed by atoms with E-state index in [1.54, 1.807) is 19.4 Å². The van der Waals surface area contributed by atoms with Crippen LogP contribution >= 0.6 is 0 Å². The molecule has 0 radical (unpaired) electrons. The quantitative estimate of drug-likeness (QED) is 0.773. The first-order chi connectivity index (χ1) is 6.04. The number of carboxylic acid groups (broad SMARTS) is 1. The van der Waals surface area contributed by atoms with Crippen LogP contribution in [-0.4, -0.2) is 20.6 Å². The van der Waals surface area contributed by atoms with Gasteiger partial charge in [0.2, 0.25) is 0 Å². The van der Waals surface area contributed by atoms with E-state index in [2.05, 4.69) is 4.98 Å². The minimum Gasteiger partial charge on any atom is -0.481 e. The highest BCUT2D eigenvalue weighted by Gasteiger charge is 2.18. The zero-order chi connectivity index (χ0) is 10.0. The second kappa shape index (κ2) is 3.60. The van der Waals surface area contributed by atoms with Crippen molar-refractivity contribution in [2.45, 2.75) is 32.7 Å². The van der Waals surface area contributed by atoms with Crippen LogP contribution in [-0.2, 0) is 4.79 Å². The zero-order valence-corrected chi connectivity index (χ0v) is 8.06. The summed E-state index contributed by atoms with van der Waals surface area (Å²) in [6.07, 6.45) is 3.28. The summed E-state index contributed by atoms with van der Waals surface area (Å²) in [5.74, 6) is -1.31. The Labute approximate surface area is 77.2 Å². The molecule has 4 nitrogen and oxygen atoms in total. The fourth-order valence-corrected chi connectivity index (χ4v) is 1.21. The van der Waals surface area contributed by atoms with E-state index in [4.69, 9.17) is 5.11 Å². The Kier molecular flexibility index (Phi) is 2.70. The smallest absolute Gasteiger partial charge is 0.312 e. The highest BCUT2D eigenvalue weighted by atomic mass is 16.4. The number of aromatic nitrogens is 2.